The van der Waals surface area contributed by atoms with Crippen molar-refractivity contribution < 1.29 is 18.3 Å². The van der Waals surface area contributed by atoms with Crippen molar-refractivity contribution in [2.24, 2.45) is 5.92 Å². The lowest BCUT2D eigenvalue weighted by Gasteiger charge is -2.38. The SMILES string of the molecule is CC(CCNC(=O)c1c(Cl)cncc1Cl)N1CCC(C(Oc2cccc(F)n2)c2ncco2)CC1. The highest BCUT2D eigenvalue weighted by atomic mass is 35.5. The molecule has 1 saturated heterocycles. The number of carbonyl (C=O) groups excluding carboxylic acids is 1. The van der Waals surface area contributed by atoms with E-state index >= 15 is 0 Å². The van der Waals surface area contributed by atoms with Gasteiger partial charge in [0.2, 0.25) is 17.7 Å². The molecular formula is C24H26Cl2FN5O3. The maximum absolute atomic E-state index is 13.6. The van der Waals surface area contributed by atoms with Gasteiger partial charge in [-0.1, -0.05) is 29.3 Å². The number of rotatable bonds is 9. The number of halogens is 3. The van der Waals surface area contributed by atoms with Gasteiger partial charge in [0.1, 0.15) is 6.26 Å². The Morgan fingerprint density at radius 2 is 2.03 bits per heavy atom. The van der Waals surface area contributed by atoms with Crippen LogP contribution in [0.15, 0.2) is 47.5 Å². The highest BCUT2D eigenvalue weighted by Gasteiger charge is 2.33. The minimum absolute atomic E-state index is 0.137. The smallest absolute Gasteiger partial charge is 0.254 e. The topological polar surface area (TPSA) is 93.4 Å². The van der Waals surface area contributed by atoms with E-state index < -0.39 is 12.1 Å². The molecule has 4 heterocycles. The summed E-state index contributed by atoms with van der Waals surface area (Å²) < 4.78 is 25.1. The summed E-state index contributed by atoms with van der Waals surface area (Å²) in [5.74, 6) is -0.117. The van der Waals surface area contributed by atoms with Crippen molar-refractivity contribution >= 4 is 29.1 Å². The average molecular weight is 522 g/mol. The Hall–Kier alpha value is -2.75. The molecule has 1 amide bonds. The Morgan fingerprint density at radius 1 is 1.29 bits per heavy atom. The van der Waals surface area contributed by atoms with Gasteiger partial charge >= 0.3 is 0 Å². The molecule has 1 aliphatic rings. The van der Waals surface area contributed by atoms with E-state index in [4.69, 9.17) is 32.4 Å². The summed E-state index contributed by atoms with van der Waals surface area (Å²) in [5, 5.41) is 3.33. The summed E-state index contributed by atoms with van der Waals surface area (Å²) in [4.78, 5) is 26.8. The molecule has 0 saturated carbocycles. The van der Waals surface area contributed by atoms with Crippen molar-refractivity contribution in [2.45, 2.75) is 38.3 Å². The quantitative estimate of drug-likeness (QED) is 0.398. The summed E-state index contributed by atoms with van der Waals surface area (Å²) in [6, 6.07) is 4.71. The third-order valence-electron chi connectivity index (χ3n) is 6.19. The van der Waals surface area contributed by atoms with Gasteiger partial charge < -0.3 is 19.4 Å². The van der Waals surface area contributed by atoms with E-state index in [0.29, 0.717) is 12.4 Å². The standard InChI is InChI=1S/C24H26Cl2FN5O3/c1-15(5-8-29-23(33)21-17(25)13-28-14-18(21)26)32-10-6-16(7-11-32)22(24-30-9-12-34-24)35-20-4-2-3-19(27)31-20/h2-4,9,12-16,22H,5-8,10-11H2,1H3,(H,29,33). The average Bonchev–Trinajstić information content (AvgIpc) is 3.37. The maximum Gasteiger partial charge on any atom is 0.254 e. The lowest BCUT2D eigenvalue weighted by Crippen LogP contribution is -2.43. The second kappa shape index (κ2) is 11.8. The zero-order chi connectivity index (χ0) is 24.8. The van der Waals surface area contributed by atoms with Crippen molar-refractivity contribution in [1.82, 2.24) is 25.2 Å². The molecule has 4 rings (SSSR count). The van der Waals surface area contributed by atoms with Gasteiger partial charge in [-0.15, -0.1) is 0 Å². The number of carbonyl (C=O) groups is 1. The van der Waals surface area contributed by atoms with Crippen molar-refractivity contribution in [3.8, 4) is 5.88 Å². The molecule has 1 aliphatic heterocycles. The van der Waals surface area contributed by atoms with Gasteiger partial charge in [-0.05, 0) is 45.3 Å². The molecule has 2 unspecified atom stereocenters. The van der Waals surface area contributed by atoms with Crippen LogP contribution >= 0.6 is 23.2 Å². The summed E-state index contributed by atoms with van der Waals surface area (Å²) in [6.07, 6.45) is 7.88. The number of hydrogen-bond donors (Lipinski definition) is 1. The first kappa shape index (κ1) is 25.3. The minimum Gasteiger partial charge on any atom is -0.464 e. The lowest BCUT2D eigenvalue weighted by molar-refractivity contribution is 0.0429. The van der Waals surface area contributed by atoms with Gasteiger partial charge in [-0.2, -0.15) is 9.37 Å². The zero-order valence-electron chi connectivity index (χ0n) is 19.2. The van der Waals surface area contributed by atoms with E-state index in [1.54, 1.807) is 18.3 Å². The molecule has 35 heavy (non-hydrogen) atoms. The number of nitrogens with zero attached hydrogens (tertiary/aromatic N) is 4. The second-order valence-electron chi connectivity index (χ2n) is 8.45. The van der Waals surface area contributed by atoms with Crippen molar-refractivity contribution in [2.75, 3.05) is 19.6 Å². The minimum atomic E-state index is -0.599. The van der Waals surface area contributed by atoms with E-state index in [2.05, 4.69) is 32.1 Å². The van der Waals surface area contributed by atoms with Crippen LogP contribution in [0.2, 0.25) is 10.0 Å². The number of amides is 1. The first-order chi connectivity index (χ1) is 16.9. The summed E-state index contributed by atoms with van der Waals surface area (Å²) in [5.41, 5.74) is 0.238. The zero-order valence-corrected chi connectivity index (χ0v) is 20.7. The monoisotopic (exact) mass is 521 g/mol. The molecular weight excluding hydrogens is 496 g/mol. The van der Waals surface area contributed by atoms with Crippen LogP contribution in [0.5, 0.6) is 5.88 Å². The second-order valence-corrected chi connectivity index (χ2v) is 9.27. The number of ether oxygens (including phenoxy) is 1. The van der Waals surface area contributed by atoms with Gasteiger partial charge in [0.05, 0.1) is 21.8 Å². The normalized spacial score (nSPS) is 16.6. The van der Waals surface area contributed by atoms with Crippen LogP contribution in [-0.4, -0.2) is 51.4 Å². The number of hydrogen-bond acceptors (Lipinski definition) is 7. The van der Waals surface area contributed by atoms with Crippen LogP contribution in [0, 0.1) is 11.9 Å². The molecule has 1 fully saturated rings. The molecule has 0 aliphatic carbocycles. The summed E-state index contributed by atoms with van der Waals surface area (Å²) in [6.45, 7) is 4.32. The van der Waals surface area contributed by atoms with Gasteiger partial charge in [0.25, 0.3) is 5.91 Å². The Kier molecular flexibility index (Phi) is 8.54. The first-order valence-electron chi connectivity index (χ1n) is 11.4. The van der Waals surface area contributed by atoms with Gasteiger partial charge in [-0.25, -0.2) is 4.98 Å². The van der Waals surface area contributed by atoms with E-state index in [1.165, 1.54) is 24.7 Å². The molecule has 3 aromatic rings. The third-order valence-corrected chi connectivity index (χ3v) is 6.76. The number of piperidine rings is 1. The molecule has 0 aromatic carbocycles. The molecule has 0 radical (unpaired) electrons. The number of oxazole rings is 1. The fourth-order valence-corrected chi connectivity index (χ4v) is 4.80. The predicted octanol–water partition coefficient (Wildman–Crippen LogP) is 4.95. The fourth-order valence-electron chi connectivity index (χ4n) is 4.27. The van der Waals surface area contributed by atoms with Gasteiger partial charge in [-0.3, -0.25) is 9.78 Å². The van der Waals surface area contributed by atoms with Gasteiger partial charge in [0.15, 0.2) is 6.10 Å². The van der Waals surface area contributed by atoms with Crippen LogP contribution < -0.4 is 10.1 Å². The molecule has 11 heteroatoms. The highest BCUT2D eigenvalue weighted by Crippen LogP contribution is 2.34. The summed E-state index contributed by atoms with van der Waals surface area (Å²) >= 11 is 12.1. The molecule has 1 N–H and O–H groups in total. The predicted molar refractivity (Wildman–Crippen MR) is 129 cm³/mol. The Balaban J connectivity index is 1.29. The first-order valence-corrected chi connectivity index (χ1v) is 12.2. The maximum atomic E-state index is 13.6. The van der Waals surface area contributed by atoms with Crippen LogP contribution in [-0.2, 0) is 0 Å². The number of nitrogens with one attached hydrogen (secondary N) is 1. The summed E-state index contributed by atoms with van der Waals surface area (Å²) in [7, 11) is 0. The van der Waals surface area contributed by atoms with E-state index in [0.717, 1.165) is 32.4 Å². The Morgan fingerprint density at radius 3 is 2.69 bits per heavy atom. The molecule has 186 valence electrons. The van der Waals surface area contributed by atoms with Crippen LogP contribution in [0.25, 0.3) is 0 Å². The molecule has 3 aromatic heterocycles. The fraction of sp³-hybridized carbons (Fsp3) is 0.417. The molecule has 0 bridgehead atoms. The highest BCUT2D eigenvalue weighted by molar-refractivity contribution is 6.39. The third kappa shape index (κ3) is 6.48. The van der Waals surface area contributed by atoms with Gasteiger partial charge in [0, 0.05) is 37.0 Å². The van der Waals surface area contributed by atoms with E-state index in [9.17, 15) is 9.18 Å². The molecule has 0 spiro atoms. The van der Waals surface area contributed by atoms with Crippen molar-refractivity contribution in [3.05, 3.63) is 70.5 Å². The largest absolute Gasteiger partial charge is 0.464 e. The molecule has 8 nitrogen and oxygen atoms in total. The molecule has 2 atom stereocenters. The number of pyridine rings is 2. The number of aromatic nitrogens is 3. The lowest BCUT2D eigenvalue weighted by atomic mass is 9.90. The van der Waals surface area contributed by atoms with E-state index in [1.807, 2.05) is 0 Å². The van der Waals surface area contributed by atoms with Crippen LogP contribution in [0.4, 0.5) is 4.39 Å². The van der Waals surface area contributed by atoms with Crippen molar-refractivity contribution in [3.63, 3.8) is 0 Å². The van der Waals surface area contributed by atoms with E-state index in [-0.39, 0.29) is 39.4 Å². The number of likely N-dealkylation sites (tertiary alicyclic amines) is 1. The van der Waals surface area contributed by atoms with Crippen LogP contribution in [0.3, 0.4) is 0 Å². The van der Waals surface area contributed by atoms with Crippen molar-refractivity contribution in [1.29, 1.82) is 0 Å². The Labute approximate surface area is 212 Å². The van der Waals surface area contributed by atoms with Crippen LogP contribution in [0.1, 0.15) is 48.5 Å². The Bertz CT molecular complexity index is 1110.